The van der Waals surface area contributed by atoms with Gasteiger partial charge in [0.2, 0.25) is 5.91 Å². The number of nitrogens with two attached hydrogens (primary N) is 2. The molecule has 0 bridgehead atoms. The summed E-state index contributed by atoms with van der Waals surface area (Å²) >= 11 is 5.96. The number of hydrogen-bond donors (Lipinski definition) is 3. The number of benzene rings is 1. The van der Waals surface area contributed by atoms with Crippen LogP contribution < -0.4 is 26.5 Å². The molecule has 3 heterocycles. The number of nitrogens with one attached hydrogen (secondary N) is 1. The number of carbonyl (C=O) groups excluding carboxylic acids is 2. The van der Waals surface area contributed by atoms with E-state index in [1.807, 2.05) is 11.8 Å². The molecule has 0 spiro atoms. The van der Waals surface area contributed by atoms with E-state index in [9.17, 15) is 14.7 Å². The maximum Gasteiger partial charge on any atom is 0.277 e. The SMILES string of the molecule is CC[n+]1c(CNC(=O)c2nc(Cl)c(N)nc2N)n(CC2CCN(C(=O)COCCOC)CC2)c2cc([O-])ccc21. The lowest BCUT2D eigenvalue weighted by molar-refractivity contribution is -0.676. The van der Waals surface area contributed by atoms with Gasteiger partial charge in [-0.3, -0.25) is 9.59 Å². The van der Waals surface area contributed by atoms with Crippen molar-refractivity contribution in [1.82, 2.24) is 24.8 Å². The summed E-state index contributed by atoms with van der Waals surface area (Å²) in [6.45, 7) is 5.51. The fourth-order valence-corrected chi connectivity index (χ4v) is 5.11. The number of carbonyl (C=O) groups is 2. The van der Waals surface area contributed by atoms with E-state index in [0.29, 0.717) is 39.4 Å². The summed E-state index contributed by atoms with van der Waals surface area (Å²) in [7, 11) is 1.59. The third-order valence-corrected chi connectivity index (χ3v) is 7.34. The zero-order valence-electron chi connectivity index (χ0n) is 22.7. The average Bonchev–Trinajstić information content (AvgIpc) is 3.23. The molecule has 0 saturated carbocycles. The van der Waals surface area contributed by atoms with Crippen LogP contribution in [0.25, 0.3) is 11.0 Å². The highest BCUT2D eigenvalue weighted by Gasteiger charge is 2.30. The normalized spacial score (nSPS) is 14.1. The van der Waals surface area contributed by atoms with Gasteiger partial charge in [-0.05, 0) is 31.9 Å². The van der Waals surface area contributed by atoms with Gasteiger partial charge >= 0.3 is 0 Å². The number of piperidine rings is 1. The predicted molar refractivity (Wildman–Crippen MR) is 146 cm³/mol. The lowest BCUT2D eigenvalue weighted by atomic mass is 9.96. The van der Waals surface area contributed by atoms with Gasteiger partial charge in [0, 0.05) is 26.1 Å². The summed E-state index contributed by atoms with van der Waals surface area (Å²) in [6.07, 6.45) is 1.60. The summed E-state index contributed by atoms with van der Waals surface area (Å²) in [4.78, 5) is 35.2. The Morgan fingerprint density at radius 3 is 2.65 bits per heavy atom. The number of halogens is 1. The van der Waals surface area contributed by atoms with E-state index in [0.717, 1.165) is 29.7 Å². The number of amides is 2. The van der Waals surface area contributed by atoms with Crippen LogP contribution in [-0.4, -0.2) is 71.3 Å². The summed E-state index contributed by atoms with van der Waals surface area (Å²) < 4.78 is 14.5. The van der Waals surface area contributed by atoms with Gasteiger partial charge in [0.1, 0.15) is 13.2 Å². The summed E-state index contributed by atoms with van der Waals surface area (Å²) in [6, 6.07) is 4.95. The molecule has 1 saturated heterocycles. The molecule has 1 fully saturated rings. The number of nitrogens with zero attached hydrogens (tertiary/aromatic N) is 5. The Kier molecular flexibility index (Phi) is 9.61. The van der Waals surface area contributed by atoms with E-state index in [1.54, 1.807) is 19.2 Å². The molecule has 0 unspecified atom stereocenters. The van der Waals surface area contributed by atoms with Gasteiger partial charge in [0.15, 0.2) is 33.5 Å². The molecule has 13 nitrogen and oxygen atoms in total. The van der Waals surface area contributed by atoms with Crippen molar-refractivity contribution in [3.63, 3.8) is 0 Å². The first-order valence-electron chi connectivity index (χ1n) is 13.2. The summed E-state index contributed by atoms with van der Waals surface area (Å²) in [5, 5.41) is 15.1. The number of methoxy groups -OCH3 is 1. The second-order valence-electron chi connectivity index (χ2n) is 9.61. The first-order chi connectivity index (χ1) is 19.2. The number of likely N-dealkylation sites (tertiary alicyclic amines) is 1. The number of ether oxygens (including phenoxy) is 2. The van der Waals surface area contributed by atoms with Crippen molar-refractivity contribution in [1.29, 1.82) is 0 Å². The Morgan fingerprint density at radius 2 is 1.95 bits per heavy atom. The van der Waals surface area contributed by atoms with Gasteiger partial charge in [-0.25, -0.2) is 19.1 Å². The minimum absolute atomic E-state index is 0.0330. The van der Waals surface area contributed by atoms with Crippen molar-refractivity contribution in [2.45, 2.75) is 39.4 Å². The second-order valence-corrected chi connectivity index (χ2v) is 9.97. The van der Waals surface area contributed by atoms with Crippen LogP contribution in [0.3, 0.4) is 0 Å². The molecule has 1 aromatic carbocycles. The van der Waals surface area contributed by atoms with E-state index >= 15 is 0 Å². The van der Waals surface area contributed by atoms with Gasteiger partial charge in [-0.15, -0.1) is 5.75 Å². The quantitative estimate of drug-likeness (QED) is 0.217. The van der Waals surface area contributed by atoms with Crippen LogP contribution >= 0.6 is 11.6 Å². The fraction of sp³-hybridized carbons (Fsp3) is 0.500. The number of aromatic nitrogens is 4. The van der Waals surface area contributed by atoms with Gasteiger partial charge < -0.3 is 36.3 Å². The Hall–Kier alpha value is -3.68. The Morgan fingerprint density at radius 1 is 1.20 bits per heavy atom. The van der Waals surface area contributed by atoms with Crippen molar-refractivity contribution in [2.24, 2.45) is 5.92 Å². The molecule has 3 aromatic rings. The molecule has 2 amide bonds. The Labute approximate surface area is 237 Å². The standard InChI is InChI=1S/C26H35ClN8O5/c1-3-34-18-5-4-17(36)12-19(18)35(14-16-6-8-33(9-7-16)21(37)15-40-11-10-39-2)20(34)13-30-26(38)22-24(28)32-25(29)23(27)31-22/h4-5,12,16H,3,6-11,13-15H2,1-2H3,(H5-,28,29,30,32,36,38). The average molecular weight is 575 g/mol. The summed E-state index contributed by atoms with van der Waals surface area (Å²) in [5.41, 5.74) is 13.1. The molecule has 0 atom stereocenters. The number of aryl methyl sites for hydroxylation is 1. The lowest BCUT2D eigenvalue weighted by Crippen LogP contribution is -2.42. The van der Waals surface area contributed by atoms with E-state index in [1.165, 1.54) is 6.07 Å². The number of imidazole rings is 1. The summed E-state index contributed by atoms with van der Waals surface area (Å²) in [5.74, 6) is 0.226. The van der Waals surface area contributed by atoms with E-state index in [4.69, 9.17) is 32.5 Å². The third-order valence-electron chi connectivity index (χ3n) is 7.06. The molecule has 216 valence electrons. The highest BCUT2D eigenvalue weighted by atomic mass is 35.5. The van der Waals surface area contributed by atoms with Crippen molar-refractivity contribution in [3.05, 3.63) is 34.9 Å². The smallest absolute Gasteiger partial charge is 0.277 e. The van der Waals surface area contributed by atoms with E-state index in [-0.39, 0.29) is 53.2 Å². The van der Waals surface area contributed by atoms with Crippen LogP contribution in [0.2, 0.25) is 5.15 Å². The highest BCUT2D eigenvalue weighted by Crippen LogP contribution is 2.25. The molecule has 0 radical (unpaired) electrons. The second kappa shape index (κ2) is 13.1. The van der Waals surface area contributed by atoms with Crippen LogP contribution in [0, 0.1) is 5.92 Å². The molecule has 1 aliphatic heterocycles. The van der Waals surface area contributed by atoms with Gasteiger partial charge in [0.25, 0.3) is 11.7 Å². The monoisotopic (exact) mass is 574 g/mol. The number of fused-ring (bicyclic) bond motifs is 1. The van der Waals surface area contributed by atoms with Crippen LogP contribution in [0.4, 0.5) is 11.6 Å². The third kappa shape index (κ3) is 6.54. The molecule has 1 aliphatic rings. The number of hydrogen-bond acceptors (Lipinski definition) is 9. The Bertz CT molecular complexity index is 1370. The van der Waals surface area contributed by atoms with E-state index in [2.05, 4.69) is 24.4 Å². The van der Waals surface area contributed by atoms with Crippen LogP contribution in [0.15, 0.2) is 18.2 Å². The maximum absolute atomic E-state index is 13.0. The highest BCUT2D eigenvalue weighted by molar-refractivity contribution is 6.31. The van der Waals surface area contributed by atoms with Gasteiger partial charge in [-0.2, -0.15) is 0 Å². The minimum Gasteiger partial charge on any atom is -0.872 e. The van der Waals surface area contributed by atoms with Crippen LogP contribution in [0.1, 0.15) is 36.1 Å². The first kappa shape index (κ1) is 29.3. The lowest BCUT2D eigenvalue weighted by Gasteiger charge is -2.31. The van der Waals surface area contributed by atoms with Crippen molar-refractivity contribution in [3.8, 4) is 5.75 Å². The van der Waals surface area contributed by atoms with Crippen LogP contribution in [0.5, 0.6) is 5.75 Å². The zero-order chi connectivity index (χ0) is 28.8. The van der Waals surface area contributed by atoms with Crippen molar-refractivity contribution < 1.29 is 28.7 Å². The maximum atomic E-state index is 13.0. The predicted octanol–water partition coefficient (Wildman–Crippen LogP) is 0.462. The fourth-order valence-electron chi connectivity index (χ4n) is 4.99. The topological polar surface area (TPSA) is 178 Å². The molecular formula is C26H35ClN8O5. The minimum atomic E-state index is -0.546. The molecule has 0 aliphatic carbocycles. The van der Waals surface area contributed by atoms with Gasteiger partial charge in [-0.1, -0.05) is 17.7 Å². The molecule has 14 heteroatoms. The molecule has 40 heavy (non-hydrogen) atoms. The Balaban J connectivity index is 1.51. The van der Waals surface area contributed by atoms with E-state index < -0.39 is 5.91 Å². The number of nitrogen functional groups attached to an aromatic ring is 2. The first-order valence-corrected chi connectivity index (χ1v) is 13.5. The molecule has 4 rings (SSSR count). The van der Waals surface area contributed by atoms with Crippen LogP contribution in [-0.2, 0) is 33.9 Å². The largest absolute Gasteiger partial charge is 0.872 e. The van der Waals surface area contributed by atoms with Gasteiger partial charge in [0.05, 0.1) is 26.3 Å². The van der Waals surface area contributed by atoms with Crippen molar-refractivity contribution in [2.75, 3.05) is 51.5 Å². The van der Waals surface area contributed by atoms with Crippen molar-refractivity contribution >= 4 is 46.1 Å². The zero-order valence-corrected chi connectivity index (χ0v) is 23.4. The molecule has 5 N–H and O–H groups in total. The number of rotatable bonds is 11. The number of anilines is 2. The molecule has 2 aromatic heterocycles. The molecular weight excluding hydrogens is 540 g/mol.